The predicted octanol–water partition coefficient (Wildman–Crippen LogP) is 1.38. The van der Waals surface area contributed by atoms with Gasteiger partial charge in [-0.05, 0) is 12.8 Å². The minimum atomic E-state index is -0.118. The highest BCUT2D eigenvalue weighted by Crippen LogP contribution is 2.09. The standard InChI is InChI=1S/C10H17N3OS/c1-6(2)7(3)12-10(14)8-5-15-9(4-11)13-8/h5-7H,4,11H2,1-3H3,(H,12,14). The number of rotatable bonds is 4. The van der Waals surface area contributed by atoms with Gasteiger partial charge in [0.15, 0.2) is 0 Å². The summed E-state index contributed by atoms with van der Waals surface area (Å²) in [5, 5.41) is 5.43. The predicted molar refractivity (Wildman–Crippen MR) is 61.8 cm³/mol. The van der Waals surface area contributed by atoms with Crippen molar-refractivity contribution in [1.29, 1.82) is 0 Å². The van der Waals surface area contributed by atoms with Crippen molar-refractivity contribution in [3.05, 3.63) is 16.1 Å². The molecule has 0 aliphatic rings. The van der Waals surface area contributed by atoms with Crippen LogP contribution in [0.15, 0.2) is 5.38 Å². The van der Waals surface area contributed by atoms with Crippen LogP contribution >= 0.6 is 11.3 Å². The van der Waals surface area contributed by atoms with E-state index in [0.717, 1.165) is 5.01 Å². The fourth-order valence-corrected chi connectivity index (χ4v) is 1.61. The van der Waals surface area contributed by atoms with Gasteiger partial charge in [-0.3, -0.25) is 4.79 Å². The number of carbonyl (C=O) groups excluding carboxylic acids is 1. The largest absolute Gasteiger partial charge is 0.348 e. The summed E-state index contributed by atoms with van der Waals surface area (Å²) in [6.45, 7) is 6.51. The minimum absolute atomic E-state index is 0.118. The van der Waals surface area contributed by atoms with Crippen molar-refractivity contribution in [3.63, 3.8) is 0 Å². The topological polar surface area (TPSA) is 68.0 Å². The van der Waals surface area contributed by atoms with Gasteiger partial charge in [0.05, 0.1) is 0 Å². The van der Waals surface area contributed by atoms with Crippen LogP contribution in [0.3, 0.4) is 0 Å². The summed E-state index contributed by atoms with van der Waals surface area (Å²) in [6, 6.07) is 0.153. The Morgan fingerprint density at radius 2 is 2.27 bits per heavy atom. The van der Waals surface area contributed by atoms with Gasteiger partial charge in [0.2, 0.25) is 0 Å². The summed E-state index contributed by atoms with van der Waals surface area (Å²) in [4.78, 5) is 15.8. The number of nitrogens with two attached hydrogens (primary N) is 1. The van der Waals surface area contributed by atoms with Gasteiger partial charge in [-0.15, -0.1) is 11.3 Å². The van der Waals surface area contributed by atoms with Gasteiger partial charge < -0.3 is 11.1 Å². The first-order valence-electron chi connectivity index (χ1n) is 5.00. The van der Waals surface area contributed by atoms with Crippen LogP contribution in [-0.4, -0.2) is 16.9 Å². The van der Waals surface area contributed by atoms with Gasteiger partial charge >= 0.3 is 0 Å². The molecule has 1 aromatic rings. The van der Waals surface area contributed by atoms with Crippen LogP contribution in [0.25, 0.3) is 0 Å². The Hall–Kier alpha value is -0.940. The first-order valence-corrected chi connectivity index (χ1v) is 5.88. The maximum atomic E-state index is 11.7. The molecule has 1 aromatic heterocycles. The molecule has 5 heteroatoms. The SMILES string of the molecule is CC(C)C(C)NC(=O)c1csc(CN)n1. The molecule has 0 aliphatic carbocycles. The molecule has 4 nitrogen and oxygen atoms in total. The monoisotopic (exact) mass is 227 g/mol. The molecule has 1 unspecified atom stereocenters. The zero-order chi connectivity index (χ0) is 11.4. The Labute approximate surface area is 93.9 Å². The third-order valence-corrected chi connectivity index (χ3v) is 3.19. The second-order valence-corrected chi connectivity index (χ2v) is 4.78. The van der Waals surface area contributed by atoms with Crippen LogP contribution in [-0.2, 0) is 6.54 Å². The fourth-order valence-electron chi connectivity index (χ4n) is 0.956. The molecule has 1 atom stereocenters. The van der Waals surface area contributed by atoms with Crippen LogP contribution in [0.2, 0.25) is 0 Å². The van der Waals surface area contributed by atoms with Crippen molar-refractivity contribution < 1.29 is 4.79 Å². The van der Waals surface area contributed by atoms with E-state index >= 15 is 0 Å². The number of nitrogens with one attached hydrogen (secondary N) is 1. The number of amides is 1. The number of carbonyl (C=O) groups is 1. The van der Waals surface area contributed by atoms with Gasteiger partial charge in [0.25, 0.3) is 5.91 Å². The number of aromatic nitrogens is 1. The van der Waals surface area contributed by atoms with E-state index in [9.17, 15) is 4.79 Å². The molecule has 0 fully saturated rings. The Balaban J connectivity index is 2.61. The molecule has 3 N–H and O–H groups in total. The lowest BCUT2D eigenvalue weighted by molar-refractivity contribution is 0.0926. The molecule has 1 heterocycles. The molecule has 0 aromatic carbocycles. The van der Waals surface area contributed by atoms with Gasteiger partial charge in [-0.2, -0.15) is 0 Å². The molecule has 0 saturated heterocycles. The molecule has 0 aliphatic heterocycles. The number of hydrogen-bond acceptors (Lipinski definition) is 4. The zero-order valence-corrected chi connectivity index (χ0v) is 10.1. The smallest absolute Gasteiger partial charge is 0.270 e. The van der Waals surface area contributed by atoms with Crippen LogP contribution in [0.1, 0.15) is 36.3 Å². The molecular formula is C10H17N3OS. The highest BCUT2D eigenvalue weighted by atomic mass is 32.1. The van der Waals surface area contributed by atoms with Gasteiger partial charge in [-0.1, -0.05) is 13.8 Å². The van der Waals surface area contributed by atoms with Gasteiger partial charge in [0, 0.05) is 18.0 Å². The highest BCUT2D eigenvalue weighted by Gasteiger charge is 2.14. The van der Waals surface area contributed by atoms with E-state index in [4.69, 9.17) is 5.73 Å². The highest BCUT2D eigenvalue weighted by molar-refractivity contribution is 7.09. The lowest BCUT2D eigenvalue weighted by atomic mass is 10.1. The molecule has 0 saturated carbocycles. The van der Waals surface area contributed by atoms with E-state index in [0.29, 0.717) is 18.2 Å². The molecule has 84 valence electrons. The maximum Gasteiger partial charge on any atom is 0.270 e. The quantitative estimate of drug-likeness (QED) is 0.816. The van der Waals surface area contributed by atoms with E-state index in [1.165, 1.54) is 11.3 Å². The van der Waals surface area contributed by atoms with E-state index in [1.54, 1.807) is 5.38 Å². The fraction of sp³-hybridized carbons (Fsp3) is 0.600. The second kappa shape index (κ2) is 5.23. The lowest BCUT2D eigenvalue weighted by Gasteiger charge is -2.16. The number of thiazole rings is 1. The van der Waals surface area contributed by atoms with E-state index < -0.39 is 0 Å². The Bertz CT molecular complexity index is 335. The molecule has 0 radical (unpaired) electrons. The first-order chi connectivity index (χ1) is 7.04. The normalized spacial score (nSPS) is 12.9. The Morgan fingerprint density at radius 1 is 1.60 bits per heavy atom. The summed E-state index contributed by atoms with van der Waals surface area (Å²) in [6.07, 6.45) is 0. The minimum Gasteiger partial charge on any atom is -0.348 e. The van der Waals surface area contributed by atoms with Crippen LogP contribution in [0.5, 0.6) is 0 Å². The Morgan fingerprint density at radius 3 is 2.73 bits per heavy atom. The van der Waals surface area contributed by atoms with Crippen molar-refractivity contribution in [2.75, 3.05) is 0 Å². The van der Waals surface area contributed by atoms with Crippen molar-refractivity contribution in [2.45, 2.75) is 33.4 Å². The van der Waals surface area contributed by atoms with Crippen molar-refractivity contribution in [1.82, 2.24) is 10.3 Å². The van der Waals surface area contributed by atoms with Gasteiger partial charge in [-0.25, -0.2) is 4.98 Å². The third-order valence-electron chi connectivity index (χ3n) is 2.32. The molecule has 15 heavy (non-hydrogen) atoms. The van der Waals surface area contributed by atoms with Crippen LogP contribution in [0.4, 0.5) is 0 Å². The van der Waals surface area contributed by atoms with Crippen molar-refractivity contribution in [2.24, 2.45) is 11.7 Å². The van der Waals surface area contributed by atoms with Crippen molar-refractivity contribution >= 4 is 17.2 Å². The average Bonchev–Trinajstić information content (AvgIpc) is 2.65. The molecule has 1 rings (SSSR count). The summed E-state index contributed by atoms with van der Waals surface area (Å²) in [5.74, 6) is 0.300. The molecule has 1 amide bonds. The average molecular weight is 227 g/mol. The summed E-state index contributed by atoms with van der Waals surface area (Å²) in [5.41, 5.74) is 5.89. The summed E-state index contributed by atoms with van der Waals surface area (Å²) >= 11 is 1.42. The second-order valence-electron chi connectivity index (χ2n) is 3.84. The first kappa shape index (κ1) is 12.1. The van der Waals surface area contributed by atoms with Crippen LogP contribution in [0, 0.1) is 5.92 Å². The number of hydrogen-bond donors (Lipinski definition) is 2. The molecular weight excluding hydrogens is 210 g/mol. The van der Waals surface area contributed by atoms with Crippen LogP contribution < -0.4 is 11.1 Å². The van der Waals surface area contributed by atoms with Crippen molar-refractivity contribution in [3.8, 4) is 0 Å². The van der Waals surface area contributed by atoms with E-state index in [2.05, 4.69) is 24.1 Å². The molecule has 0 spiro atoms. The lowest BCUT2D eigenvalue weighted by Crippen LogP contribution is -2.36. The Kier molecular flexibility index (Phi) is 4.23. The molecule has 0 bridgehead atoms. The summed E-state index contributed by atoms with van der Waals surface area (Å²) in [7, 11) is 0. The van der Waals surface area contributed by atoms with Gasteiger partial charge in [0.1, 0.15) is 10.7 Å². The number of nitrogens with zero attached hydrogens (tertiary/aromatic N) is 1. The third kappa shape index (κ3) is 3.28. The van der Waals surface area contributed by atoms with E-state index in [-0.39, 0.29) is 11.9 Å². The zero-order valence-electron chi connectivity index (χ0n) is 9.28. The van der Waals surface area contributed by atoms with E-state index in [1.807, 2.05) is 6.92 Å². The summed E-state index contributed by atoms with van der Waals surface area (Å²) < 4.78 is 0. The maximum absolute atomic E-state index is 11.7.